The monoisotopic (exact) mass is 277 g/mol. The molecule has 0 aliphatic carbocycles. The molecule has 0 atom stereocenters. The number of nitrogens with zero attached hydrogens (tertiary/aromatic N) is 3. The second kappa shape index (κ2) is 4.79. The summed E-state index contributed by atoms with van der Waals surface area (Å²) in [7, 11) is 0. The van der Waals surface area contributed by atoms with E-state index in [0.717, 1.165) is 11.2 Å². The Morgan fingerprint density at radius 2 is 1.86 bits per heavy atom. The van der Waals surface area contributed by atoms with Gasteiger partial charge in [-0.1, -0.05) is 12.1 Å². The lowest BCUT2D eigenvalue weighted by molar-refractivity contribution is 0.343. The molecule has 0 spiro atoms. The number of ether oxygens (including phenoxy) is 1. The van der Waals surface area contributed by atoms with E-state index in [4.69, 9.17) is 9.15 Å². The molecule has 2 aromatic carbocycles. The fourth-order valence-corrected chi connectivity index (χ4v) is 2.09. The van der Waals surface area contributed by atoms with E-state index in [2.05, 4.69) is 9.97 Å². The molecule has 0 aliphatic heterocycles. The van der Waals surface area contributed by atoms with Gasteiger partial charge in [-0.05, 0) is 36.4 Å². The molecule has 0 saturated carbocycles. The van der Waals surface area contributed by atoms with Crippen LogP contribution in [0.5, 0.6) is 11.8 Å². The smallest absolute Gasteiger partial charge is 0.400 e. The molecule has 0 N–H and O–H groups in total. The molecule has 2 heterocycles. The average Bonchev–Trinajstić information content (AvgIpc) is 3.17. The van der Waals surface area contributed by atoms with Crippen molar-refractivity contribution in [1.82, 2.24) is 14.5 Å². The van der Waals surface area contributed by atoms with Crippen molar-refractivity contribution in [2.45, 2.75) is 0 Å². The van der Waals surface area contributed by atoms with E-state index in [9.17, 15) is 0 Å². The summed E-state index contributed by atoms with van der Waals surface area (Å²) in [6.45, 7) is 0. The molecule has 0 aliphatic rings. The predicted octanol–water partition coefficient (Wildman–Crippen LogP) is 3.81. The fraction of sp³-hybridized carbons (Fsp3) is 0. The largest absolute Gasteiger partial charge is 0.411 e. The van der Waals surface area contributed by atoms with Gasteiger partial charge in [0.1, 0.15) is 11.3 Å². The topological polar surface area (TPSA) is 53.1 Å². The third-order valence-electron chi connectivity index (χ3n) is 3.12. The van der Waals surface area contributed by atoms with Crippen LogP contribution in [-0.2, 0) is 0 Å². The van der Waals surface area contributed by atoms with Crippen LogP contribution < -0.4 is 4.74 Å². The SMILES string of the molecule is c1ccc2oc(Oc3ccc(-n4ccnc4)cc3)nc2c1. The first kappa shape index (κ1) is 11.7. The van der Waals surface area contributed by atoms with E-state index in [1.165, 1.54) is 0 Å². The zero-order chi connectivity index (χ0) is 14.1. The zero-order valence-electron chi connectivity index (χ0n) is 11.0. The van der Waals surface area contributed by atoms with Gasteiger partial charge in [-0.3, -0.25) is 0 Å². The molecule has 5 heteroatoms. The Bertz CT molecular complexity index is 831. The first-order valence-electron chi connectivity index (χ1n) is 6.50. The number of hydrogen-bond acceptors (Lipinski definition) is 4. The molecule has 0 saturated heterocycles. The Kier molecular flexibility index (Phi) is 2.67. The lowest BCUT2D eigenvalue weighted by atomic mass is 10.3. The van der Waals surface area contributed by atoms with Crippen molar-refractivity contribution in [2.24, 2.45) is 0 Å². The standard InChI is InChI=1S/C16H11N3O2/c1-2-4-15-14(3-1)18-16(21-15)20-13-7-5-12(6-8-13)19-10-9-17-11-19/h1-11H. The molecule has 0 radical (unpaired) electrons. The summed E-state index contributed by atoms with van der Waals surface area (Å²) in [5.41, 5.74) is 2.50. The Morgan fingerprint density at radius 3 is 2.62 bits per heavy atom. The van der Waals surface area contributed by atoms with Crippen molar-refractivity contribution in [1.29, 1.82) is 0 Å². The molecular formula is C16H11N3O2. The summed E-state index contributed by atoms with van der Waals surface area (Å²) >= 11 is 0. The number of aromatic nitrogens is 3. The van der Waals surface area contributed by atoms with Gasteiger partial charge in [0.15, 0.2) is 5.58 Å². The van der Waals surface area contributed by atoms with Crippen LogP contribution in [0, 0.1) is 0 Å². The van der Waals surface area contributed by atoms with Crippen molar-refractivity contribution >= 4 is 11.1 Å². The Labute approximate surface area is 120 Å². The van der Waals surface area contributed by atoms with Crippen LogP contribution in [0.25, 0.3) is 16.8 Å². The molecule has 0 fully saturated rings. The average molecular weight is 277 g/mol. The third-order valence-corrected chi connectivity index (χ3v) is 3.12. The normalized spacial score (nSPS) is 10.9. The lowest BCUT2D eigenvalue weighted by Crippen LogP contribution is -1.90. The highest BCUT2D eigenvalue weighted by molar-refractivity contribution is 5.72. The summed E-state index contributed by atoms with van der Waals surface area (Å²) in [6, 6.07) is 15.2. The molecule has 4 rings (SSSR count). The van der Waals surface area contributed by atoms with E-state index < -0.39 is 0 Å². The van der Waals surface area contributed by atoms with E-state index in [1.54, 1.807) is 12.5 Å². The quantitative estimate of drug-likeness (QED) is 0.571. The van der Waals surface area contributed by atoms with Crippen LogP contribution in [-0.4, -0.2) is 14.5 Å². The molecule has 2 aromatic heterocycles. The maximum absolute atomic E-state index is 5.63. The molecule has 21 heavy (non-hydrogen) atoms. The molecular weight excluding hydrogens is 266 g/mol. The van der Waals surface area contributed by atoms with E-state index in [1.807, 2.05) is 59.3 Å². The van der Waals surface area contributed by atoms with Crippen molar-refractivity contribution in [3.8, 4) is 17.5 Å². The third kappa shape index (κ3) is 2.25. The first-order valence-corrected chi connectivity index (χ1v) is 6.50. The number of imidazole rings is 1. The van der Waals surface area contributed by atoms with Gasteiger partial charge in [0.2, 0.25) is 0 Å². The van der Waals surface area contributed by atoms with Gasteiger partial charge in [-0.15, -0.1) is 0 Å². The molecule has 0 bridgehead atoms. The highest BCUT2D eigenvalue weighted by Crippen LogP contribution is 2.25. The summed E-state index contributed by atoms with van der Waals surface area (Å²) in [5, 5.41) is 0. The summed E-state index contributed by atoms with van der Waals surface area (Å²) < 4.78 is 13.1. The highest BCUT2D eigenvalue weighted by atomic mass is 16.6. The number of benzene rings is 2. The molecule has 4 aromatic rings. The van der Waals surface area contributed by atoms with Gasteiger partial charge in [-0.2, -0.15) is 4.98 Å². The zero-order valence-corrected chi connectivity index (χ0v) is 11.0. The highest BCUT2D eigenvalue weighted by Gasteiger charge is 2.07. The van der Waals surface area contributed by atoms with Gasteiger partial charge < -0.3 is 13.7 Å². The first-order chi connectivity index (χ1) is 10.4. The summed E-state index contributed by atoms with van der Waals surface area (Å²) in [4.78, 5) is 8.30. The van der Waals surface area contributed by atoms with Crippen molar-refractivity contribution in [2.75, 3.05) is 0 Å². The molecule has 0 amide bonds. The number of rotatable bonds is 3. The lowest BCUT2D eigenvalue weighted by Gasteiger charge is -2.03. The van der Waals surface area contributed by atoms with Gasteiger partial charge in [0.05, 0.1) is 6.33 Å². The second-order valence-corrected chi connectivity index (χ2v) is 4.51. The van der Waals surface area contributed by atoms with Crippen molar-refractivity contribution in [3.05, 3.63) is 67.3 Å². The van der Waals surface area contributed by atoms with Gasteiger partial charge in [0.25, 0.3) is 0 Å². The molecule has 102 valence electrons. The van der Waals surface area contributed by atoms with Crippen LogP contribution in [0.3, 0.4) is 0 Å². The number of hydrogen-bond donors (Lipinski definition) is 0. The molecule has 5 nitrogen and oxygen atoms in total. The number of para-hydroxylation sites is 2. The van der Waals surface area contributed by atoms with Crippen LogP contribution >= 0.6 is 0 Å². The Balaban J connectivity index is 1.59. The minimum Gasteiger partial charge on any atom is -0.411 e. The summed E-state index contributed by atoms with van der Waals surface area (Å²) in [5.74, 6) is 0.672. The number of fused-ring (bicyclic) bond motifs is 1. The van der Waals surface area contributed by atoms with Crippen LogP contribution in [0.2, 0.25) is 0 Å². The Hall–Kier alpha value is -3.08. The second-order valence-electron chi connectivity index (χ2n) is 4.51. The van der Waals surface area contributed by atoms with Crippen LogP contribution in [0.4, 0.5) is 0 Å². The Morgan fingerprint density at radius 1 is 1.00 bits per heavy atom. The van der Waals surface area contributed by atoms with E-state index in [-0.39, 0.29) is 6.08 Å². The maximum atomic E-state index is 5.63. The predicted molar refractivity (Wildman–Crippen MR) is 77.6 cm³/mol. The van der Waals surface area contributed by atoms with Crippen molar-refractivity contribution in [3.63, 3.8) is 0 Å². The number of oxazole rings is 1. The minimum absolute atomic E-state index is 0.242. The van der Waals surface area contributed by atoms with E-state index >= 15 is 0 Å². The summed E-state index contributed by atoms with van der Waals surface area (Å²) in [6.07, 6.45) is 5.61. The van der Waals surface area contributed by atoms with Gasteiger partial charge in [-0.25, -0.2) is 4.98 Å². The van der Waals surface area contributed by atoms with Crippen molar-refractivity contribution < 1.29 is 9.15 Å². The molecule has 0 unspecified atom stereocenters. The minimum atomic E-state index is 0.242. The van der Waals surface area contributed by atoms with Gasteiger partial charge in [0, 0.05) is 18.1 Å². The van der Waals surface area contributed by atoms with Crippen LogP contribution in [0.15, 0.2) is 71.7 Å². The van der Waals surface area contributed by atoms with Crippen LogP contribution in [0.1, 0.15) is 0 Å². The van der Waals surface area contributed by atoms with E-state index in [0.29, 0.717) is 11.3 Å². The maximum Gasteiger partial charge on any atom is 0.400 e. The van der Waals surface area contributed by atoms with Gasteiger partial charge >= 0.3 is 6.08 Å². The fourth-order valence-electron chi connectivity index (χ4n) is 2.09.